The number of nitrogens with one attached hydrogen (secondary N) is 1. The molecule has 1 unspecified atom stereocenters. The predicted octanol–water partition coefficient (Wildman–Crippen LogP) is 1.65. The maximum atomic E-state index is 11.4. The summed E-state index contributed by atoms with van der Waals surface area (Å²) in [7, 11) is 0. The van der Waals surface area contributed by atoms with Gasteiger partial charge in [0.2, 0.25) is 0 Å². The Balaban J connectivity index is 2.33. The minimum Gasteiger partial charge on any atom is -0.494 e. The van der Waals surface area contributed by atoms with Gasteiger partial charge in [-0.15, -0.1) is 0 Å². The smallest absolute Gasteiger partial charge is 0.331 e. The van der Waals surface area contributed by atoms with E-state index >= 15 is 0 Å². The van der Waals surface area contributed by atoms with Crippen LogP contribution in [0.25, 0.3) is 0 Å². The lowest BCUT2D eigenvalue weighted by Crippen LogP contribution is -2.47. The Hall–Kier alpha value is -2.35. The zero-order chi connectivity index (χ0) is 15.5. The SMILES string of the molecule is CCOc1cc(NC2(C(=O)O)CCOC2)cc([N+](=O)[O-])c1. The first kappa shape index (κ1) is 15.0. The fraction of sp³-hybridized carbons (Fsp3) is 0.462. The van der Waals surface area contributed by atoms with E-state index in [4.69, 9.17) is 9.47 Å². The molecule has 1 atom stereocenters. The number of nitro benzene ring substituents is 1. The summed E-state index contributed by atoms with van der Waals surface area (Å²) in [6.45, 7) is 2.45. The predicted molar refractivity (Wildman–Crippen MR) is 73.7 cm³/mol. The van der Waals surface area contributed by atoms with Crippen LogP contribution in [0.2, 0.25) is 0 Å². The van der Waals surface area contributed by atoms with Crippen LogP contribution in [0.5, 0.6) is 5.75 Å². The van der Waals surface area contributed by atoms with Gasteiger partial charge < -0.3 is 19.9 Å². The Morgan fingerprint density at radius 2 is 2.33 bits per heavy atom. The lowest BCUT2D eigenvalue weighted by molar-refractivity contribution is -0.384. The molecular formula is C13H16N2O6. The second-order valence-corrected chi connectivity index (χ2v) is 4.72. The van der Waals surface area contributed by atoms with Crippen LogP contribution in [0.15, 0.2) is 18.2 Å². The van der Waals surface area contributed by atoms with E-state index in [9.17, 15) is 20.0 Å². The largest absolute Gasteiger partial charge is 0.494 e. The second-order valence-electron chi connectivity index (χ2n) is 4.72. The van der Waals surface area contributed by atoms with Gasteiger partial charge in [-0.3, -0.25) is 10.1 Å². The molecule has 1 heterocycles. The fourth-order valence-corrected chi connectivity index (χ4v) is 2.17. The number of hydrogen-bond donors (Lipinski definition) is 2. The van der Waals surface area contributed by atoms with Crippen LogP contribution >= 0.6 is 0 Å². The molecule has 1 saturated heterocycles. The highest BCUT2D eigenvalue weighted by Gasteiger charge is 2.42. The number of carboxylic acid groups (broad SMARTS) is 1. The highest BCUT2D eigenvalue weighted by molar-refractivity contribution is 5.83. The first-order chi connectivity index (χ1) is 9.97. The van der Waals surface area contributed by atoms with E-state index < -0.39 is 16.4 Å². The van der Waals surface area contributed by atoms with Crippen molar-refractivity contribution in [3.05, 3.63) is 28.3 Å². The summed E-state index contributed by atoms with van der Waals surface area (Å²) in [6, 6.07) is 4.12. The van der Waals surface area contributed by atoms with Crippen LogP contribution in [0.1, 0.15) is 13.3 Å². The first-order valence-corrected chi connectivity index (χ1v) is 6.48. The van der Waals surface area contributed by atoms with Crippen molar-refractivity contribution in [3.63, 3.8) is 0 Å². The number of rotatable bonds is 6. The number of carbonyl (C=O) groups is 1. The van der Waals surface area contributed by atoms with Crippen LogP contribution < -0.4 is 10.1 Å². The van der Waals surface area contributed by atoms with Crippen molar-refractivity contribution in [1.29, 1.82) is 0 Å². The number of nitrogens with zero attached hydrogens (tertiary/aromatic N) is 1. The van der Waals surface area contributed by atoms with Crippen LogP contribution in [-0.2, 0) is 9.53 Å². The monoisotopic (exact) mass is 296 g/mol. The third-order valence-corrected chi connectivity index (χ3v) is 3.23. The summed E-state index contributed by atoms with van der Waals surface area (Å²) < 4.78 is 10.4. The Morgan fingerprint density at radius 1 is 1.57 bits per heavy atom. The molecule has 0 aliphatic carbocycles. The molecule has 1 aromatic carbocycles. The third kappa shape index (κ3) is 3.22. The van der Waals surface area contributed by atoms with Crippen molar-refractivity contribution in [2.75, 3.05) is 25.1 Å². The highest BCUT2D eigenvalue weighted by Crippen LogP contribution is 2.30. The van der Waals surface area contributed by atoms with E-state index in [0.29, 0.717) is 24.7 Å². The van der Waals surface area contributed by atoms with Gasteiger partial charge in [0.05, 0.1) is 24.2 Å². The number of non-ortho nitro benzene ring substituents is 1. The average Bonchev–Trinajstić information content (AvgIpc) is 2.88. The van der Waals surface area contributed by atoms with E-state index in [1.807, 2.05) is 0 Å². The van der Waals surface area contributed by atoms with Gasteiger partial charge in [0.1, 0.15) is 5.75 Å². The van der Waals surface area contributed by atoms with Crippen molar-refractivity contribution in [2.45, 2.75) is 18.9 Å². The maximum Gasteiger partial charge on any atom is 0.331 e. The van der Waals surface area contributed by atoms with Crippen LogP contribution in [0.4, 0.5) is 11.4 Å². The van der Waals surface area contributed by atoms with E-state index in [0.717, 1.165) is 0 Å². The van der Waals surface area contributed by atoms with Crippen molar-refractivity contribution < 1.29 is 24.3 Å². The number of hydrogen-bond acceptors (Lipinski definition) is 6. The van der Waals surface area contributed by atoms with Crippen molar-refractivity contribution in [1.82, 2.24) is 0 Å². The minimum absolute atomic E-state index is 0.00892. The Kier molecular flexibility index (Phi) is 4.27. The molecule has 2 rings (SSSR count). The minimum atomic E-state index is -1.27. The molecule has 1 aliphatic heterocycles. The molecule has 1 aliphatic rings. The molecule has 8 nitrogen and oxygen atoms in total. The average molecular weight is 296 g/mol. The maximum absolute atomic E-state index is 11.4. The summed E-state index contributed by atoms with van der Waals surface area (Å²) in [5.41, 5.74) is -1.11. The van der Waals surface area contributed by atoms with Gasteiger partial charge in [-0.05, 0) is 6.92 Å². The lowest BCUT2D eigenvalue weighted by atomic mass is 9.98. The molecule has 0 saturated carbocycles. The molecule has 0 bridgehead atoms. The molecule has 0 spiro atoms. The lowest BCUT2D eigenvalue weighted by Gasteiger charge is -2.25. The third-order valence-electron chi connectivity index (χ3n) is 3.23. The number of ether oxygens (including phenoxy) is 2. The number of benzene rings is 1. The first-order valence-electron chi connectivity index (χ1n) is 6.48. The van der Waals surface area contributed by atoms with Gasteiger partial charge in [0.15, 0.2) is 5.54 Å². The van der Waals surface area contributed by atoms with E-state index in [-0.39, 0.29) is 18.7 Å². The van der Waals surface area contributed by atoms with Crippen molar-refractivity contribution in [2.24, 2.45) is 0 Å². The molecule has 1 fully saturated rings. The molecule has 114 valence electrons. The van der Waals surface area contributed by atoms with Crippen LogP contribution in [0.3, 0.4) is 0 Å². The quantitative estimate of drug-likeness (QED) is 0.606. The molecule has 8 heteroatoms. The van der Waals surface area contributed by atoms with Gasteiger partial charge in [0.25, 0.3) is 5.69 Å². The number of anilines is 1. The standard InChI is InChI=1S/C13H16N2O6/c1-2-21-11-6-9(5-10(7-11)15(18)19)14-13(12(16)17)3-4-20-8-13/h5-7,14H,2-4,8H2,1H3,(H,16,17). The Morgan fingerprint density at radius 3 is 2.86 bits per heavy atom. The van der Waals surface area contributed by atoms with Crippen molar-refractivity contribution >= 4 is 17.3 Å². The molecule has 21 heavy (non-hydrogen) atoms. The summed E-state index contributed by atoms with van der Waals surface area (Å²) >= 11 is 0. The summed E-state index contributed by atoms with van der Waals surface area (Å²) in [6.07, 6.45) is 0.287. The van der Waals surface area contributed by atoms with E-state index in [2.05, 4.69) is 5.32 Å². The topological polar surface area (TPSA) is 111 Å². The molecule has 1 aromatic rings. The van der Waals surface area contributed by atoms with Gasteiger partial charge in [-0.2, -0.15) is 0 Å². The summed E-state index contributed by atoms with van der Waals surface area (Å²) in [4.78, 5) is 21.8. The van der Waals surface area contributed by atoms with Crippen LogP contribution in [0, 0.1) is 10.1 Å². The number of carboxylic acids is 1. The Labute approximate surface area is 120 Å². The number of aliphatic carboxylic acids is 1. The molecule has 0 amide bonds. The summed E-state index contributed by atoms with van der Waals surface area (Å²) in [5.74, 6) is -0.738. The van der Waals surface area contributed by atoms with Crippen molar-refractivity contribution in [3.8, 4) is 5.75 Å². The normalized spacial score (nSPS) is 21.0. The van der Waals surface area contributed by atoms with E-state index in [1.165, 1.54) is 12.1 Å². The van der Waals surface area contributed by atoms with E-state index in [1.54, 1.807) is 13.0 Å². The molecule has 0 radical (unpaired) electrons. The fourth-order valence-electron chi connectivity index (χ4n) is 2.17. The molecular weight excluding hydrogens is 280 g/mol. The zero-order valence-corrected chi connectivity index (χ0v) is 11.5. The number of nitro groups is 1. The summed E-state index contributed by atoms with van der Waals surface area (Å²) in [5, 5.41) is 23.1. The van der Waals surface area contributed by atoms with Gasteiger partial charge >= 0.3 is 5.97 Å². The second kappa shape index (κ2) is 5.96. The van der Waals surface area contributed by atoms with Gasteiger partial charge in [-0.1, -0.05) is 0 Å². The molecule has 0 aromatic heterocycles. The highest BCUT2D eigenvalue weighted by atomic mass is 16.6. The van der Waals surface area contributed by atoms with Crippen LogP contribution in [-0.4, -0.2) is 41.4 Å². The Bertz CT molecular complexity index is 554. The molecule has 2 N–H and O–H groups in total. The van der Waals surface area contributed by atoms with Gasteiger partial charge in [0, 0.05) is 30.8 Å². The van der Waals surface area contributed by atoms with Gasteiger partial charge in [-0.25, -0.2) is 4.79 Å². The zero-order valence-electron chi connectivity index (χ0n) is 11.5.